The molecular weight excluding hydrogens is 295 g/mol. The van der Waals surface area contributed by atoms with Crippen molar-refractivity contribution in [2.45, 2.75) is 6.54 Å². The summed E-state index contributed by atoms with van der Waals surface area (Å²) in [6, 6.07) is 8.23. The summed E-state index contributed by atoms with van der Waals surface area (Å²) in [6.45, 7) is 2.64. The molecule has 0 aliphatic carbocycles. The van der Waals surface area contributed by atoms with Crippen molar-refractivity contribution in [3.05, 3.63) is 54.1 Å². The number of likely N-dealkylation sites (tertiary alicyclic amines) is 1. The van der Waals surface area contributed by atoms with Gasteiger partial charge in [0, 0.05) is 44.5 Å². The van der Waals surface area contributed by atoms with Crippen LogP contribution in [0.3, 0.4) is 0 Å². The number of benzene rings is 1. The van der Waals surface area contributed by atoms with Crippen LogP contribution in [0, 0.1) is 17.7 Å². The van der Waals surface area contributed by atoms with Crippen LogP contribution in [0.25, 0.3) is 0 Å². The van der Waals surface area contributed by atoms with Crippen molar-refractivity contribution in [3.63, 3.8) is 0 Å². The summed E-state index contributed by atoms with van der Waals surface area (Å²) < 4.78 is 13.3. The van der Waals surface area contributed by atoms with Crippen LogP contribution in [-0.2, 0) is 11.3 Å². The van der Waals surface area contributed by atoms with Gasteiger partial charge in [-0.25, -0.2) is 14.4 Å². The maximum atomic E-state index is 13.3. The van der Waals surface area contributed by atoms with E-state index in [1.54, 1.807) is 24.5 Å². The molecule has 2 atom stereocenters. The molecular formula is C17H17FN4O. The van der Waals surface area contributed by atoms with E-state index in [4.69, 9.17) is 0 Å². The van der Waals surface area contributed by atoms with Gasteiger partial charge in [-0.2, -0.15) is 0 Å². The molecule has 0 radical (unpaired) electrons. The fourth-order valence-electron chi connectivity index (χ4n) is 3.56. The number of anilines is 1. The van der Waals surface area contributed by atoms with E-state index in [1.807, 2.05) is 11.0 Å². The molecule has 2 saturated heterocycles. The van der Waals surface area contributed by atoms with Gasteiger partial charge in [0.05, 0.1) is 5.92 Å². The van der Waals surface area contributed by atoms with Crippen LogP contribution < -0.4 is 4.90 Å². The Labute approximate surface area is 133 Å². The Balaban J connectivity index is 1.44. The van der Waals surface area contributed by atoms with E-state index >= 15 is 0 Å². The normalized spacial score (nSPS) is 23.4. The number of fused-ring (bicyclic) bond motifs is 1. The lowest BCUT2D eigenvalue weighted by atomic mass is 10.0. The predicted octanol–water partition coefficient (Wildman–Crippen LogP) is 1.71. The molecule has 1 aromatic heterocycles. The molecule has 3 heterocycles. The van der Waals surface area contributed by atoms with E-state index < -0.39 is 0 Å². The molecule has 1 aromatic carbocycles. The maximum absolute atomic E-state index is 13.3. The average Bonchev–Trinajstić information content (AvgIpc) is 3.09. The van der Waals surface area contributed by atoms with Gasteiger partial charge in [0.2, 0.25) is 11.9 Å². The number of nitrogens with zero attached hydrogens (tertiary/aromatic N) is 4. The Hall–Kier alpha value is -2.50. The topological polar surface area (TPSA) is 49.3 Å². The standard InChI is InChI=1S/C17H17FN4O/c18-14-4-1-3-12(7-14)8-21-9-13-10-22(11-15(13)16(21)23)17-19-5-2-6-20-17/h1-7,13,15H,8-11H2/t13-,15+/m0/s1. The maximum Gasteiger partial charge on any atom is 0.228 e. The SMILES string of the molecule is O=C1[C@@H]2CN(c3ncccn3)C[C@@H]2CN1Cc1cccc(F)c1. The van der Waals surface area contributed by atoms with Crippen molar-refractivity contribution in [2.24, 2.45) is 11.8 Å². The third-order valence-electron chi connectivity index (χ3n) is 4.62. The molecule has 0 N–H and O–H groups in total. The van der Waals surface area contributed by atoms with Gasteiger partial charge in [0.1, 0.15) is 5.82 Å². The first-order valence-corrected chi connectivity index (χ1v) is 7.76. The average molecular weight is 312 g/mol. The lowest BCUT2D eigenvalue weighted by Gasteiger charge is -2.21. The molecule has 0 saturated carbocycles. The third-order valence-corrected chi connectivity index (χ3v) is 4.62. The molecule has 118 valence electrons. The van der Waals surface area contributed by atoms with Crippen LogP contribution >= 0.6 is 0 Å². The van der Waals surface area contributed by atoms with Crippen LogP contribution in [0.15, 0.2) is 42.7 Å². The summed E-state index contributed by atoms with van der Waals surface area (Å²) in [7, 11) is 0. The van der Waals surface area contributed by atoms with Crippen LogP contribution in [0.1, 0.15) is 5.56 Å². The van der Waals surface area contributed by atoms with Gasteiger partial charge in [0.15, 0.2) is 0 Å². The molecule has 2 aliphatic rings. The smallest absolute Gasteiger partial charge is 0.228 e. The van der Waals surface area contributed by atoms with Crippen molar-refractivity contribution >= 4 is 11.9 Å². The van der Waals surface area contributed by atoms with Crippen LogP contribution in [-0.4, -0.2) is 40.4 Å². The van der Waals surface area contributed by atoms with Gasteiger partial charge >= 0.3 is 0 Å². The second-order valence-corrected chi connectivity index (χ2v) is 6.17. The largest absolute Gasteiger partial charge is 0.340 e. The van der Waals surface area contributed by atoms with Gasteiger partial charge in [-0.1, -0.05) is 12.1 Å². The molecule has 0 bridgehead atoms. The highest BCUT2D eigenvalue weighted by Crippen LogP contribution is 2.34. The summed E-state index contributed by atoms with van der Waals surface area (Å²) in [5.41, 5.74) is 0.835. The van der Waals surface area contributed by atoms with Gasteiger partial charge in [0.25, 0.3) is 0 Å². The van der Waals surface area contributed by atoms with E-state index in [0.717, 1.165) is 12.1 Å². The zero-order valence-electron chi connectivity index (χ0n) is 12.6. The van der Waals surface area contributed by atoms with Gasteiger partial charge in [-0.15, -0.1) is 0 Å². The summed E-state index contributed by atoms with van der Waals surface area (Å²) in [6.07, 6.45) is 3.43. The lowest BCUT2D eigenvalue weighted by molar-refractivity contribution is -0.131. The van der Waals surface area contributed by atoms with Gasteiger partial charge < -0.3 is 9.80 Å². The first-order valence-electron chi connectivity index (χ1n) is 7.76. The van der Waals surface area contributed by atoms with Crippen molar-refractivity contribution < 1.29 is 9.18 Å². The highest BCUT2D eigenvalue weighted by atomic mass is 19.1. The Morgan fingerprint density at radius 2 is 1.96 bits per heavy atom. The Morgan fingerprint density at radius 3 is 2.70 bits per heavy atom. The molecule has 1 amide bonds. The second kappa shape index (κ2) is 5.61. The van der Waals surface area contributed by atoms with E-state index in [1.165, 1.54) is 12.1 Å². The highest BCUT2D eigenvalue weighted by molar-refractivity contribution is 5.83. The van der Waals surface area contributed by atoms with E-state index in [-0.39, 0.29) is 17.6 Å². The molecule has 4 rings (SSSR count). The third kappa shape index (κ3) is 2.65. The number of rotatable bonds is 3. The molecule has 2 aromatic rings. The molecule has 0 unspecified atom stereocenters. The fraction of sp³-hybridized carbons (Fsp3) is 0.353. The number of carbonyl (C=O) groups excluding carboxylic acids is 1. The number of halogens is 1. The highest BCUT2D eigenvalue weighted by Gasteiger charge is 2.46. The number of aromatic nitrogens is 2. The predicted molar refractivity (Wildman–Crippen MR) is 83.0 cm³/mol. The Morgan fingerprint density at radius 1 is 1.13 bits per heavy atom. The summed E-state index contributed by atoms with van der Waals surface area (Å²) in [5, 5.41) is 0. The summed E-state index contributed by atoms with van der Waals surface area (Å²) in [4.78, 5) is 25.1. The van der Waals surface area contributed by atoms with Crippen molar-refractivity contribution in [1.82, 2.24) is 14.9 Å². The molecule has 6 heteroatoms. The first-order chi connectivity index (χ1) is 11.2. The van der Waals surface area contributed by atoms with E-state index in [0.29, 0.717) is 31.5 Å². The first kappa shape index (κ1) is 14.1. The number of amides is 1. The Bertz CT molecular complexity index is 724. The molecule has 2 fully saturated rings. The van der Waals surface area contributed by atoms with Gasteiger partial charge in [-0.05, 0) is 23.8 Å². The van der Waals surface area contributed by atoms with Gasteiger partial charge in [-0.3, -0.25) is 4.79 Å². The van der Waals surface area contributed by atoms with Crippen molar-refractivity contribution in [1.29, 1.82) is 0 Å². The number of carbonyl (C=O) groups is 1. The van der Waals surface area contributed by atoms with E-state index in [9.17, 15) is 9.18 Å². The lowest BCUT2D eigenvalue weighted by Crippen LogP contribution is -2.33. The molecule has 23 heavy (non-hydrogen) atoms. The minimum Gasteiger partial charge on any atom is -0.340 e. The van der Waals surface area contributed by atoms with Crippen LogP contribution in [0.4, 0.5) is 10.3 Å². The van der Waals surface area contributed by atoms with E-state index in [2.05, 4.69) is 14.9 Å². The Kier molecular flexibility index (Phi) is 3.44. The van der Waals surface area contributed by atoms with Crippen molar-refractivity contribution in [3.8, 4) is 0 Å². The summed E-state index contributed by atoms with van der Waals surface area (Å²) in [5.74, 6) is 0.859. The molecule has 2 aliphatic heterocycles. The number of hydrogen-bond acceptors (Lipinski definition) is 4. The fourth-order valence-corrected chi connectivity index (χ4v) is 3.56. The monoisotopic (exact) mass is 312 g/mol. The second-order valence-electron chi connectivity index (χ2n) is 6.17. The zero-order valence-corrected chi connectivity index (χ0v) is 12.6. The van der Waals surface area contributed by atoms with Crippen LogP contribution in [0.5, 0.6) is 0 Å². The molecule has 5 nitrogen and oxygen atoms in total. The summed E-state index contributed by atoms with van der Waals surface area (Å²) >= 11 is 0. The van der Waals surface area contributed by atoms with Crippen molar-refractivity contribution in [2.75, 3.05) is 24.5 Å². The number of hydrogen-bond donors (Lipinski definition) is 0. The minimum atomic E-state index is -0.262. The minimum absolute atomic E-state index is 0.00707. The molecule has 0 spiro atoms. The quantitative estimate of drug-likeness (QED) is 0.866. The van der Waals surface area contributed by atoms with Crippen LogP contribution in [0.2, 0.25) is 0 Å². The zero-order chi connectivity index (χ0) is 15.8.